The lowest BCUT2D eigenvalue weighted by Gasteiger charge is -2.29. The van der Waals surface area contributed by atoms with Crippen molar-refractivity contribution in [3.8, 4) is 0 Å². The van der Waals surface area contributed by atoms with Gasteiger partial charge in [-0.2, -0.15) is 0 Å². The molecule has 1 aliphatic heterocycles. The standard InChI is InChI=1S/C22H22N4O2S/c27-20(26-14-6-8-16-7-4-5-11-19(16)26)13-12-18-15-29-22(24-18)25-21(28)23-17-9-2-1-3-10-17/h1-5,7,9-11,15H,6,8,12-14H2,(H2,23,24,25,28). The van der Waals surface area contributed by atoms with Crippen LogP contribution in [0.25, 0.3) is 0 Å². The zero-order chi connectivity index (χ0) is 20.1. The first-order valence-electron chi connectivity index (χ1n) is 9.65. The Morgan fingerprint density at radius 2 is 1.83 bits per heavy atom. The molecule has 0 aliphatic carbocycles. The second-order valence-corrected chi connectivity index (χ2v) is 7.72. The van der Waals surface area contributed by atoms with Crippen molar-refractivity contribution in [2.45, 2.75) is 25.7 Å². The van der Waals surface area contributed by atoms with Gasteiger partial charge in [-0.1, -0.05) is 36.4 Å². The number of hydrogen-bond acceptors (Lipinski definition) is 4. The van der Waals surface area contributed by atoms with Crippen molar-refractivity contribution < 1.29 is 9.59 Å². The molecule has 0 radical (unpaired) electrons. The number of nitrogens with one attached hydrogen (secondary N) is 2. The molecule has 0 unspecified atom stereocenters. The van der Waals surface area contributed by atoms with Crippen molar-refractivity contribution in [1.29, 1.82) is 0 Å². The largest absolute Gasteiger partial charge is 0.325 e. The quantitative estimate of drug-likeness (QED) is 0.645. The minimum absolute atomic E-state index is 0.112. The normalized spacial score (nSPS) is 12.9. The SMILES string of the molecule is O=C(Nc1ccccc1)Nc1nc(CCC(=O)N2CCCc3ccccc32)cs1. The van der Waals surface area contributed by atoms with E-state index in [0.717, 1.165) is 30.8 Å². The number of nitrogens with zero attached hydrogens (tertiary/aromatic N) is 2. The molecule has 1 aromatic heterocycles. The fourth-order valence-corrected chi connectivity index (χ4v) is 4.16. The second kappa shape index (κ2) is 8.87. The first-order valence-corrected chi connectivity index (χ1v) is 10.5. The molecule has 0 bridgehead atoms. The van der Waals surface area contributed by atoms with Crippen LogP contribution >= 0.6 is 11.3 Å². The molecule has 3 aromatic rings. The van der Waals surface area contributed by atoms with Crippen molar-refractivity contribution in [1.82, 2.24) is 4.98 Å². The molecule has 0 spiro atoms. The molecule has 6 nitrogen and oxygen atoms in total. The van der Waals surface area contributed by atoms with E-state index in [-0.39, 0.29) is 11.9 Å². The number of thiazole rings is 1. The molecule has 148 valence electrons. The molecule has 29 heavy (non-hydrogen) atoms. The highest BCUT2D eigenvalue weighted by molar-refractivity contribution is 7.13. The number of rotatable bonds is 5. The van der Waals surface area contributed by atoms with Gasteiger partial charge in [-0.15, -0.1) is 11.3 Å². The number of urea groups is 1. The highest BCUT2D eigenvalue weighted by Crippen LogP contribution is 2.27. The lowest BCUT2D eigenvalue weighted by Crippen LogP contribution is -2.35. The number of aryl methyl sites for hydroxylation is 2. The summed E-state index contributed by atoms with van der Waals surface area (Å²) >= 11 is 1.36. The van der Waals surface area contributed by atoms with Gasteiger partial charge in [0, 0.05) is 29.7 Å². The molecule has 0 saturated carbocycles. The summed E-state index contributed by atoms with van der Waals surface area (Å²) in [5, 5.41) is 7.90. The van der Waals surface area contributed by atoms with Crippen molar-refractivity contribution in [3.63, 3.8) is 0 Å². The van der Waals surface area contributed by atoms with Gasteiger partial charge in [0.25, 0.3) is 0 Å². The molecule has 7 heteroatoms. The Hall–Kier alpha value is -3.19. The highest BCUT2D eigenvalue weighted by atomic mass is 32.1. The fraction of sp³-hybridized carbons (Fsp3) is 0.227. The molecule has 0 saturated heterocycles. The predicted octanol–water partition coefficient (Wildman–Crippen LogP) is 4.70. The van der Waals surface area contributed by atoms with Crippen LogP contribution in [0.4, 0.5) is 21.3 Å². The molecule has 2 aromatic carbocycles. The molecule has 4 rings (SSSR count). The van der Waals surface area contributed by atoms with E-state index in [1.807, 2.05) is 58.8 Å². The summed E-state index contributed by atoms with van der Waals surface area (Å²) in [5.41, 5.74) is 3.79. The Bertz CT molecular complexity index is 1000. The van der Waals surface area contributed by atoms with Gasteiger partial charge in [-0.25, -0.2) is 9.78 Å². The summed E-state index contributed by atoms with van der Waals surface area (Å²) in [6, 6.07) is 17.0. The average molecular weight is 407 g/mol. The second-order valence-electron chi connectivity index (χ2n) is 6.87. The minimum atomic E-state index is -0.335. The molecule has 3 amide bonds. The zero-order valence-electron chi connectivity index (χ0n) is 15.9. The van der Waals surface area contributed by atoms with Gasteiger partial charge in [-0.05, 0) is 43.0 Å². The van der Waals surface area contributed by atoms with Crippen LogP contribution in [0.15, 0.2) is 60.0 Å². The average Bonchev–Trinajstić information content (AvgIpc) is 3.19. The summed E-state index contributed by atoms with van der Waals surface area (Å²) in [4.78, 5) is 31.1. The van der Waals surface area contributed by atoms with Crippen LogP contribution in [0, 0.1) is 0 Å². The van der Waals surface area contributed by atoms with Gasteiger partial charge in [0.1, 0.15) is 0 Å². The number of anilines is 3. The molecule has 1 aliphatic rings. The number of benzene rings is 2. The van der Waals surface area contributed by atoms with Gasteiger partial charge in [0.15, 0.2) is 5.13 Å². The Morgan fingerprint density at radius 3 is 2.69 bits per heavy atom. The van der Waals surface area contributed by atoms with E-state index in [1.165, 1.54) is 16.9 Å². The van der Waals surface area contributed by atoms with Gasteiger partial charge < -0.3 is 10.2 Å². The van der Waals surface area contributed by atoms with Gasteiger partial charge in [-0.3, -0.25) is 10.1 Å². The van der Waals surface area contributed by atoms with Crippen molar-refractivity contribution >= 4 is 39.8 Å². The number of carbonyl (C=O) groups excluding carboxylic acids is 2. The number of carbonyl (C=O) groups is 2. The lowest BCUT2D eigenvalue weighted by molar-refractivity contribution is -0.118. The first kappa shape index (κ1) is 19.1. The van der Waals surface area contributed by atoms with Crippen LogP contribution in [0.5, 0.6) is 0 Å². The number of hydrogen-bond donors (Lipinski definition) is 2. The molecular formula is C22H22N4O2S. The summed E-state index contributed by atoms with van der Waals surface area (Å²) in [7, 11) is 0. The van der Waals surface area contributed by atoms with E-state index < -0.39 is 0 Å². The summed E-state index contributed by atoms with van der Waals surface area (Å²) in [6.45, 7) is 0.763. The first-order chi connectivity index (χ1) is 14.2. The highest BCUT2D eigenvalue weighted by Gasteiger charge is 2.22. The van der Waals surface area contributed by atoms with Gasteiger partial charge >= 0.3 is 6.03 Å². The third kappa shape index (κ3) is 4.81. The number of para-hydroxylation sites is 2. The van der Waals surface area contributed by atoms with Crippen LogP contribution < -0.4 is 15.5 Å². The van der Waals surface area contributed by atoms with E-state index >= 15 is 0 Å². The Labute approximate surface area is 173 Å². The van der Waals surface area contributed by atoms with Gasteiger partial charge in [0.2, 0.25) is 5.91 Å². The fourth-order valence-electron chi connectivity index (χ4n) is 3.42. The molecular weight excluding hydrogens is 384 g/mol. The van der Waals surface area contributed by atoms with Crippen LogP contribution in [-0.2, 0) is 17.6 Å². The summed E-state index contributed by atoms with van der Waals surface area (Å²) < 4.78 is 0. The van der Waals surface area contributed by atoms with Crippen LogP contribution in [0.1, 0.15) is 24.1 Å². The maximum Gasteiger partial charge on any atom is 0.325 e. The van der Waals surface area contributed by atoms with Crippen molar-refractivity contribution in [2.75, 3.05) is 22.1 Å². The summed E-state index contributed by atoms with van der Waals surface area (Å²) in [6.07, 6.45) is 2.96. The van der Waals surface area contributed by atoms with E-state index in [9.17, 15) is 9.59 Å². The molecule has 0 atom stereocenters. The number of aromatic nitrogens is 1. The Kier molecular flexibility index (Phi) is 5.86. The monoisotopic (exact) mass is 406 g/mol. The van der Waals surface area contributed by atoms with Crippen molar-refractivity contribution in [3.05, 3.63) is 71.2 Å². The van der Waals surface area contributed by atoms with E-state index in [1.54, 1.807) is 0 Å². The number of amides is 3. The van der Waals surface area contributed by atoms with Crippen molar-refractivity contribution in [2.24, 2.45) is 0 Å². The van der Waals surface area contributed by atoms with E-state index in [4.69, 9.17) is 0 Å². The smallest absolute Gasteiger partial charge is 0.312 e. The molecule has 0 fully saturated rings. The maximum atomic E-state index is 12.7. The van der Waals surface area contributed by atoms with Crippen LogP contribution in [0.2, 0.25) is 0 Å². The van der Waals surface area contributed by atoms with Crippen LogP contribution in [-0.4, -0.2) is 23.5 Å². The Morgan fingerprint density at radius 1 is 1.03 bits per heavy atom. The Balaban J connectivity index is 1.31. The van der Waals surface area contributed by atoms with E-state index in [0.29, 0.717) is 23.7 Å². The minimum Gasteiger partial charge on any atom is -0.312 e. The zero-order valence-corrected chi connectivity index (χ0v) is 16.7. The maximum absolute atomic E-state index is 12.7. The number of fused-ring (bicyclic) bond motifs is 1. The lowest BCUT2D eigenvalue weighted by atomic mass is 10.0. The topological polar surface area (TPSA) is 74.3 Å². The molecule has 2 N–H and O–H groups in total. The third-order valence-corrected chi connectivity index (χ3v) is 5.62. The third-order valence-electron chi connectivity index (χ3n) is 4.81. The van der Waals surface area contributed by atoms with Crippen LogP contribution in [0.3, 0.4) is 0 Å². The van der Waals surface area contributed by atoms with Gasteiger partial charge in [0.05, 0.1) is 5.69 Å². The predicted molar refractivity (Wildman–Crippen MR) is 117 cm³/mol. The van der Waals surface area contributed by atoms with E-state index in [2.05, 4.69) is 21.7 Å². The summed E-state index contributed by atoms with van der Waals surface area (Å²) in [5.74, 6) is 0.112. The molecule has 2 heterocycles.